The molecule has 114 valence electrons. The number of benzene rings is 2. The van der Waals surface area contributed by atoms with E-state index in [9.17, 15) is 9.59 Å². The molecule has 22 heavy (non-hydrogen) atoms. The van der Waals surface area contributed by atoms with E-state index in [4.69, 9.17) is 9.47 Å². The summed E-state index contributed by atoms with van der Waals surface area (Å²) in [5, 5.41) is 2.69. The lowest BCUT2D eigenvalue weighted by atomic mass is 10.2. The predicted octanol–water partition coefficient (Wildman–Crippen LogP) is 2.94. The molecule has 0 saturated heterocycles. The van der Waals surface area contributed by atoms with E-state index in [1.807, 2.05) is 31.2 Å². The Morgan fingerprint density at radius 1 is 1.09 bits per heavy atom. The molecule has 0 fully saturated rings. The summed E-state index contributed by atoms with van der Waals surface area (Å²) in [6.45, 7) is 3.14. The van der Waals surface area contributed by atoms with Crippen molar-refractivity contribution in [1.82, 2.24) is 0 Å². The third-order valence-corrected chi connectivity index (χ3v) is 2.83. The zero-order chi connectivity index (χ0) is 15.9. The van der Waals surface area contributed by atoms with Crippen molar-refractivity contribution in [2.24, 2.45) is 0 Å². The highest BCUT2D eigenvalue weighted by Gasteiger charge is 2.06. The molecular weight excluding hydrogens is 282 g/mol. The number of ether oxygens (including phenoxy) is 2. The summed E-state index contributed by atoms with van der Waals surface area (Å²) in [6.07, 6.45) is 0. The van der Waals surface area contributed by atoms with Crippen LogP contribution in [0.4, 0.5) is 5.69 Å². The predicted molar refractivity (Wildman–Crippen MR) is 83.1 cm³/mol. The molecule has 0 aliphatic heterocycles. The Kier molecular flexibility index (Phi) is 5.14. The van der Waals surface area contributed by atoms with Gasteiger partial charge in [0.05, 0.1) is 0 Å². The van der Waals surface area contributed by atoms with Gasteiger partial charge in [-0.3, -0.25) is 9.59 Å². The number of amides is 1. The van der Waals surface area contributed by atoms with E-state index >= 15 is 0 Å². The molecule has 0 aliphatic rings. The molecule has 2 aromatic carbocycles. The normalized spacial score (nSPS) is 9.91. The van der Waals surface area contributed by atoms with Crippen LogP contribution in [-0.4, -0.2) is 18.5 Å². The first kappa shape index (κ1) is 15.6. The molecule has 0 heterocycles. The summed E-state index contributed by atoms with van der Waals surface area (Å²) in [6, 6.07) is 14.1. The number of hydrogen-bond donors (Lipinski definition) is 1. The maximum absolute atomic E-state index is 11.9. The van der Waals surface area contributed by atoms with Crippen LogP contribution in [0.2, 0.25) is 0 Å². The molecule has 0 aromatic heterocycles. The Labute approximate surface area is 128 Å². The van der Waals surface area contributed by atoms with E-state index < -0.39 is 5.97 Å². The number of aryl methyl sites for hydroxylation is 1. The summed E-state index contributed by atoms with van der Waals surface area (Å²) >= 11 is 0. The van der Waals surface area contributed by atoms with Crippen molar-refractivity contribution in [2.45, 2.75) is 13.8 Å². The van der Waals surface area contributed by atoms with Gasteiger partial charge in [0.2, 0.25) is 0 Å². The van der Waals surface area contributed by atoms with Crippen molar-refractivity contribution in [3.63, 3.8) is 0 Å². The van der Waals surface area contributed by atoms with Crippen LogP contribution in [-0.2, 0) is 9.59 Å². The monoisotopic (exact) mass is 299 g/mol. The molecule has 5 nitrogen and oxygen atoms in total. The second-order valence-corrected chi connectivity index (χ2v) is 4.72. The maximum atomic E-state index is 11.9. The minimum absolute atomic E-state index is 0.0946. The van der Waals surface area contributed by atoms with Gasteiger partial charge in [-0.05, 0) is 30.7 Å². The van der Waals surface area contributed by atoms with Gasteiger partial charge in [-0.15, -0.1) is 0 Å². The first-order valence-electron chi connectivity index (χ1n) is 6.81. The molecule has 0 atom stereocenters. The van der Waals surface area contributed by atoms with E-state index in [1.165, 1.54) is 6.92 Å². The van der Waals surface area contributed by atoms with Gasteiger partial charge < -0.3 is 14.8 Å². The van der Waals surface area contributed by atoms with Crippen LogP contribution in [0, 0.1) is 6.92 Å². The number of carbonyl (C=O) groups is 2. The molecule has 1 amide bonds. The summed E-state index contributed by atoms with van der Waals surface area (Å²) in [5.41, 5.74) is 1.50. The van der Waals surface area contributed by atoms with Crippen LogP contribution in [0.1, 0.15) is 12.5 Å². The standard InChI is InChI=1S/C17H17NO4/c1-12-6-3-4-9-16(12)21-11-17(20)18-14-7-5-8-15(10-14)22-13(2)19/h3-10H,11H2,1-2H3,(H,18,20). The highest BCUT2D eigenvalue weighted by molar-refractivity contribution is 5.92. The number of anilines is 1. The van der Waals surface area contributed by atoms with Gasteiger partial charge in [-0.2, -0.15) is 0 Å². The number of rotatable bonds is 5. The quantitative estimate of drug-likeness (QED) is 0.681. The summed E-state index contributed by atoms with van der Waals surface area (Å²) in [5.74, 6) is 0.353. The summed E-state index contributed by atoms with van der Waals surface area (Å²) < 4.78 is 10.4. The third-order valence-electron chi connectivity index (χ3n) is 2.83. The molecule has 0 radical (unpaired) electrons. The first-order valence-corrected chi connectivity index (χ1v) is 6.81. The lowest BCUT2D eigenvalue weighted by Crippen LogP contribution is -2.20. The minimum Gasteiger partial charge on any atom is -0.483 e. The maximum Gasteiger partial charge on any atom is 0.308 e. The molecule has 0 saturated carbocycles. The second-order valence-electron chi connectivity index (χ2n) is 4.72. The van der Waals surface area contributed by atoms with Gasteiger partial charge >= 0.3 is 5.97 Å². The van der Waals surface area contributed by atoms with Crippen molar-refractivity contribution in [3.8, 4) is 11.5 Å². The van der Waals surface area contributed by atoms with E-state index in [0.717, 1.165) is 5.56 Å². The number of esters is 1. The van der Waals surface area contributed by atoms with Crippen molar-refractivity contribution in [3.05, 3.63) is 54.1 Å². The Bertz CT molecular complexity index is 682. The highest BCUT2D eigenvalue weighted by atomic mass is 16.5. The Morgan fingerprint density at radius 2 is 1.86 bits per heavy atom. The molecular formula is C17H17NO4. The van der Waals surface area contributed by atoms with Crippen molar-refractivity contribution < 1.29 is 19.1 Å². The molecule has 0 unspecified atom stereocenters. The Hall–Kier alpha value is -2.82. The number of para-hydroxylation sites is 1. The number of nitrogens with one attached hydrogen (secondary N) is 1. The third kappa shape index (κ3) is 4.63. The fourth-order valence-corrected chi connectivity index (χ4v) is 1.86. The zero-order valence-corrected chi connectivity index (χ0v) is 12.5. The molecule has 0 bridgehead atoms. The SMILES string of the molecule is CC(=O)Oc1cccc(NC(=O)COc2ccccc2C)c1. The largest absolute Gasteiger partial charge is 0.483 e. The highest BCUT2D eigenvalue weighted by Crippen LogP contribution is 2.18. The van der Waals surface area contributed by atoms with E-state index in [2.05, 4.69) is 5.32 Å². The fourth-order valence-electron chi connectivity index (χ4n) is 1.86. The van der Waals surface area contributed by atoms with Crippen molar-refractivity contribution in [1.29, 1.82) is 0 Å². The molecule has 5 heteroatoms. The second kappa shape index (κ2) is 7.26. The molecule has 2 rings (SSSR count). The molecule has 0 spiro atoms. The first-order chi connectivity index (χ1) is 10.5. The van der Waals surface area contributed by atoms with Gasteiger partial charge in [-0.25, -0.2) is 0 Å². The van der Waals surface area contributed by atoms with E-state index in [0.29, 0.717) is 17.2 Å². The summed E-state index contributed by atoms with van der Waals surface area (Å²) in [7, 11) is 0. The number of carbonyl (C=O) groups excluding carboxylic acids is 2. The van der Waals surface area contributed by atoms with Crippen LogP contribution < -0.4 is 14.8 Å². The lowest BCUT2D eigenvalue weighted by molar-refractivity contribution is -0.131. The summed E-state index contributed by atoms with van der Waals surface area (Å²) in [4.78, 5) is 22.8. The Morgan fingerprint density at radius 3 is 2.59 bits per heavy atom. The van der Waals surface area contributed by atoms with E-state index in [-0.39, 0.29) is 12.5 Å². The van der Waals surface area contributed by atoms with Crippen LogP contribution in [0.3, 0.4) is 0 Å². The average molecular weight is 299 g/mol. The average Bonchev–Trinajstić information content (AvgIpc) is 2.46. The van der Waals surface area contributed by atoms with E-state index in [1.54, 1.807) is 24.3 Å². The smallest absolute Gasteiger partial charge is 0.308 e. The van der Waals surface area contributed by atoms with Gasteiger partial charge in [0.1, 0.15) is 11.5 Å². The van der Waals surface area contributed by atoms with Crippen LogP contribution in [0.5, 0.6) is 11.5 Å². The minimum atomic E-state index is -0.411. The Balaban J connectivity index is 1.92. The van der Waals surface area contributed by atoms with Gasteiger partial charge in [0.15, 0.2) is 6.61 Å². The van der Waals surface area contributed by atoms with Crippen molar-refractivity contribution in [2.75, 3.05) is 11.9 Å². The van der Waals surface area contributed by atoms with Gasteiger partial charge in [0, 0.05) is 18.7 Å². The molecule has 0 aliphatic carbocycles. The van der Waals surface area contributed by atoms with Crippen LogP contribution in [0.15, 0.2) is 48.5 Å². The van der Waals surface area contributed by atoms with Crippen LogP contribution >= 0.6 is 0 Å². The molecule has 2 aromatic rings. The van der Waals surface area contributed by atoms with Gasteiger partial charge in [-0.1, -0.05) is 24.3 Å². The lowest BCUT2D eigenvalue weighted by Gasteiger charge is -2.10. The number of hydrogen-bond acceptors (Lipinski definition) is 4. The van der Waals surface area contributed by atoms with Crippen molar-refractivity contribution >= 4 is 17.6 Å². The zero-order valence-electron chi connectivity index (χ0n) is 12.5. The fraction of sp³-hybridized carbons (Fsp3) is 0.176. The topological polar surface area (TPSA) is 64.6 Å². The molecule has 1 N–H and O–H groups in total. The van der Waals surface area contributed by atoms with Crippen LogP contribution in [0.25, 0.3) is 0 Å². The van der Waals surface area contributed by atoms with Gasteiger partial charge in [0.25, 0.3) is 5.91 Å².